The number of halogens is 1. The fourth-order valence-corrected chi connectivity index (χ4v) is 2.60. The fourth-order valence-electron chi connectivity index (χ4n) is 2.21. The summed E-state index contributed by atoms with van der Waals surface area (Å²) in [4.78, 5) is 11.8. The van der Waals surface area contributed by atoms with Gasteiger partial charge < -0.3 is 10.3 Å². The second-order valence-corrected chi connectivity index (χ2v) is 5.65. The van der Waals surface area contributed by atoms with Gasteiger partial charge in [0.25, 0.3) is 5.56 Å². The molecule has 0 aliphatic rings. The summed E-state index contributed by atoms with van der Waals surface area (Å²) < 4.78 is 2.47. The first kappa shape index (κ1) is 13.6. The quantitative estimate of drug-likeness (QED) is 0.750. The van der Waals surface area contributed by atoms with Gasteiger partial charge in [-0.1, -0.05) is 28.1 Å². The molecule has 6 heteroatoms. The van der Waals surface area contributed by atoms with Crippen LogP contribution in [0.15, 0.2) is 51.9 Å². The van der Waals surface area contributed by atoms with Crippen molar-refractivity contribution in [3.8, 4) is 22.4 Å². The predicted octanol–water partition coefficient (Wildman–Crippen LogP) is 2.79. The minimum atomic E-state index is -0.0825. The third-order valence-corrected chi connectivity index (χ3v) is 3.79. The maximum atomic E-state index is 11.8. The highest BCUT2D eigenvalue weighted by molar-refractivity contribution is 9.10. The van der Waals surface area contributed by atoms with Gasteiger partial charge in [-0.15, -0.1) is 0 Å². The van der Waals surface area contributed by atoms with Crippen LogP contribution in [0, 0.1) is 0 Å². The summed E-state index contributed by atoms with van der Waals surface area (Å²) in [6.45, 7) is 0. The summed E-state index contributed by atoms with van der Waals surface area (Å²) in [5.41, 5.74) is 9.14. The molecule has 0 amide bonds. The SMILES string of the molecule is Cn1ccc(-c2[nH]nc(N)c2-c2cccc(Br)c2)cc1=O. The maximum Gasteiger partial charge on any atom is 0.250 e. The molecule has 3 rings (SSSR count). The Balaban J connectivity index is 2.21. The average molecular weight is 345 g/mol. The van der Waals surface area contributed by atoms with Crippen LogP contribution in [0.3, 0.4) is 0 Å². The van der Waals surface area contributed by atoms with Crippen molar-refractivity contribution in [2.45, 2.75) is 0 Å². The highest BCUT2D eigenvalue weighted by Crippen LogP contribution is 2.35. The molecule has 0 unspecified atom stereocenters. The third-order valence-electron chi connectivity index (χ3n) is 3.30. The van der Waals surface area contributed by atoms with Gasteiger partial charge >= 0.3 is 0 Å². The van der Waals surface area contributed by atoms with Gasteiger partial charge in [-0.3, -0.25) is 9.89 Å². The highest BCUT2D eigenvalue weighted by Gasteiger charge is 2.15. The molecule has 0 saturated carbocycles. The average Bonchev–Trinajstić information content (AvgIpc) is 2.84. The molecule has 2 heterocycles. The molecule has 0 atom stereocenters. The van der Waals surface area contributed by atoms with Crippen LogP contribution >= 0.6 is 15.9 Å². The van der Waals surface area contributed by atoms with Crippen LogP contribution in [0.25, 0.3) is 22.4 Å². The first-order valence-electron chi connectivity index (χ1n) is 6.33. The molecule has 0 saturated heterocycles. The zero-order valence-electron chi connectivity index (χ0n) is 11.3. The van der Waals surface area contributed by atoms with E-state index in [9.17, 15) is 4.79 Å². The van der Waals surface area contributed by atoms with E-state index in [4.69, 9.17) is 5.73 Å². The van der Waals surface area contributed by atoms with Crippen molar-refractivity contribution in [1.29, 1.82) is 0 Å². The van der Waals surface area contributed by atoms with Crippen LogP contribution in [-0.2, 0) is 7.05 Å². The summed E-state index contributed by atoms with van der Waals surface area (Å²) in [6, 6.07) is 11.2. The number of nitrogens with one attached hydrogen (secondary N) is 1. The number of aromatic amines is 1. The molecular weight excluding hydrogens is 332 g/mol. The van der Waals surface area contributed by atoms with Gasteiger partial charge in [0.1, 0.15) is 0 Å². The van der Waals surface area contributed by atoms with E-state index in [1.165, 1.54) is 4.57 Å². The summed E-state index contributed by atoms with van der Waals surface area (Å²) in [6.07, 6.45) is 1.72. The van der Waals surface area contributed by atoms with E-state index in [0.29, 0.717) is 5.82 Å². The van der Waals surface area contributed by atoms with Crippen molar-refractivity contribution in [2.75, 3.05) is 5.73 Å². The van der Waals surface area contributed by atoms with Gasteiger partial charge in [-0.05, 0) is 23.8 Å². The first-order chi connectivity index (χ1) is 10.1. The normalized spacial score (nSPS) is 10.8. The monoisotopic (exact) mass is 344 g/mol. The minimum absolute atomic E-state index is 0.0825. The number of nitrogen functional groups attached to an aromatic ring is 1. The van der Waals surface area contributed by atoms with Crippen molar-refractivity contribution < 1.29 is 0 Å². The third kappa shape index (κ3) is 2.50. The number of H-pyrrole nitrogens is 1. The Labute approximate surface area is 129 Å². The van der Waals surface area contributed by atoms with Crippen LogP contribution < -0.4 is 11.3 Å². The van der Waals surface area contributed by atoms with Crippen LogP contribution in [0.4, 0.5) is 5.82 Å². The van der Waals surface area contributed by atoms with Crippen molar-refractivity contribution in [3.05, 3.63) is 57.4 Å². The number of benzene rings is 1. The maximum absolute atomic E-state index is 11.8. The molecule has 0 spiro atoms. The summed E-state index contributed by atoms with van der Waals surface area (Å²) in [7, 11) is 1.71. The Morgan fingerprint density at radius 1 is 1.24 bits per heavy atom. The Kier molecular flexibility index (Phi) is 3.39. The van der Waals surface area contributed by atoms with Crippen LogP contribution in [0.1, 0.15) is 0 Å². The molecule has 0 fully saturated rings. The zero-order chi connectivity index (χ0) is 15.0. The van der Waals surface area contributed by atoms with E-state index in [-0.39, 0.29) is 5.56 Å². The molecule has 0 aliphatic heterocycles. The molecule has 1 aromatic carbocycles. The molecule has 106 valence electrons. The second-order valence-electron chi connectivity index (χ2n) is 4.73. The van der Waals surface area contributed by atoms with E-state index in [2.05, 4.69) is 26.1 Å². The second kappa shape index (κ2) is 5.21. The van der Waals surface area contributed by atoms with E-state index < -0.39 is 0 Å². The Hall–Kier alpha value is -2.34. The number of nitrogens with zero attached hydrogens (tertiary/aromatic N) is 2. The number of anilines is 1. The van der Waals surface area contributed by atoms with Crippen molar-refractivity contribution >= 4 is 21.7 Å². The smallest absolute Gasteiger partial charge is 0.250 e. The highest BCUT2D eigenvalue weighted by atomic mass is 79.9. The lowest BCUT2D eigenvalue weighted by Gasteiger charge is -2.06. The minimum Gasteiger partial charge on any atom is -0.382 e. The summed E-state index contributed by atoms with van der Waals surface area (Å²) >= 11 is 3.45. The number of rotatable bonds is 2. The molecule has 5 nitrogen and oxygen atoms in total. The van der Waals surface area contributed by atoms with Gasteiger partial charge in [0.2, 0.25) is 0 Å². The predicted molar refractivity (Wildman–Crippen MR) is 86.8 cm³/mol. The van der Waals surface area contributed by atoms with Crippen molar-refractivity contribution in [1.82, 2.24) is 14.8 Å². The van der Waals surface area contributed by atoms with Crippen LogP contribution in [0.5, 0.6) is 0 Å². The van der Waals surface area contributed by atoms with E-state index in [1.807, 2.05) is 30.3 Å². The fraction of sp³-hybridized carbons (Fsp3) is 0.0667. The Morgan fingerprint density at radius 2 is 2.05 bits per heavy atom. The lowest BCUT2D eigenvalue weighted by Crippen LogP contribution is -2.14. The zero-order valence-corrected chi connectivity index (χ0v) is 12.9. The van der Waals surface area contributed by atoms with Crippen LogP contribution in [0.2, 0.25) is 0 Å². The number of aryl methyl sites for hydroxylation is 1. The summed E-state index contributed by atoms with van der Waals surface area (Å²) in [5.74, 6) is 0.406. The lowest BCUT2D eigenvalue weighted by atomic mass is 10.0. The van der Waals surface area contributed by atoms with Crippen molar-refractivity contribution in [2.24, 2.45) is 7.05 Å². The van der Waals surface area contributed by atoms with Crippen molar-refractivity contribution in [3.63, 3.8) is 0 Å². The topological polar surface area (TPSA) is 76.7 Å². The van der Waals surface area contributed by atoms with Gasteiger partial charge in [0, 0.05) is 29.3 Å². The van der Waals surface area contributed by atoms with Gasteiger partial charge in [-0.2, -0.15) is 5.10 Å². The molecule has 0 radical (unpaired) electrons. The molecule has 0 aliphatic carbocycles. The largest absolute Gasteiger partial charge is 0.382 e. The Morgan fingerprint density at radius 3 is 2.76 bits per heavy atom. The number of nitrogens with two attached hydrogens (primary N) is 1. The number of pyridine rings is 1. The van der Waals surface area contributed by atoms with Crippen LogP contribution in [-0.4, -0.2) is 14.8 Å². The van der Waals surface area contributed by atoms with Gasteiger partial charge in [0.05, 0.1) is 11.3 Å². The van der Waals surface area contributed by atoms with E-state index >= 15 is 0 Å². The summed E-state index contributed by atoms with van der Waals surface area (Å²) in [5, 5.41) is 7.00. The number of hydrogen-bond acceptors (Lipinski definition) is 3. The number of hydrogen-bond donors (Lipinski definition) is 2. The van der Waals surface area contributed by atoms with E-state index in [1.54, 1.807) is 19.3 Å². The Bertz CT molecular complexity index is 866. The molecule has 3 N–H and O–H groups in total. The molecular formula is C15H13BrN4O. The molecule has 2 aromatic heterocycles. The lowest BCUT2D eigenvalue weighted by molar-refractivity contribution is 0.861. The molecule has 21 heavy (non-hydrogen) atoms. The van der Waals surface area contributed by atoms with E-state index in [0.717, 1.165) is 26.9 Å². The number of aromatic nitrogens is 3. The standard InChI is InChI=1S/C15H13BrN4O/c1-20-6-5-10(8-12(20)21)14-13(15(17)19-18-14)9-3-2-4-11(16)7-9/h2-8H,1H3,(H3,17,18,19). The first-order valence-corrected chi connectivity index (χ1v) is 7.12. The van der Waals surface area contributed by atoms with Gasteiger partial charge in [-0.25, -0.2) is 0 Å². The molecule has 3 aromatic rings. The van der Waals surface area contributed by atoms with Gasteiger partial charge in [0.15, 0.2) is 5.82 Å². The molecule has 0 bridgehead atoms.